The van der Waals surface area contributed by atoms with Gasteiger partial charge in [-0.15, -0.1) is 50.9 Å². The van der Waals surface area contributed by atoms with E-state index < -0.39 is 12.1 Å². The summed E-state index contributed by atoms with van der Waals surface area (Å²) >= 11 is 6.22. The van der Waals surface area contributed by atoms with Crippen molar-refractivity contribution in [2.24, 2.45) is 11.6 Å². The number of anilines is 2. The summed E-state index contributed by atoms with van der Waals surface area (Å²) in [6.45, 7) is 3.88. The van der Waals surface area contributed by atoms with Crippen LogP contribution in [-0.4, -0.2) is 57.0 Å². The molecule has 0 bridgehead atoms. The molecule has 4 aromatic heterocycles. The summed E-state index contributed by atoms with van der Waals surface area (Å²) < 4.78 is 0. The number of thiazole rings is 2. The quantitative estimate of drug-likeness (QED) is 0.0533. The Kier molecular flexibility index (Phi) is 13.6. The Morgan fingerprint density at radius 1 is 0.766 bits per heavy atom. The molecule has 18 heteroatoms. The maximum Gasteiger partial charge on any atom is 0.345 e. The molecule has 0 aromatic carbocycles. The van der Waals surface area contributed by atoms with Crippen molar-refractivity contribution < 1.29 is 19.2 Å². The van der Waals surface area contributed by atoms with Gasteiger partial charge in [0.25, 0.3) is 0 Å². The summed E-state index contributed by atoms with van der Waals surface area (Å²) in [5.74, 6) is 5.19. The van der Waals surface area contributed by atoms with Gasteiger partial charge in [0.15, 0.2) is 10.3 Å². The molecule has 0 atom stereocenters. The van der Waals surface area contributed by atoms with Crippen molar-refractivity contribution in [1.29, 1.82) is 0 Å². The van der Waals surface area contributed by atoms with Gasteiger partial charge in [-0.3, -0.25) is 15.0 Å². The number of hydrogen-bond donors (Lipinski definition) is 6. The number of amides is 6. The molecule has 4 aromatic rings. The van der Waals surface area contributed by atoms with Crippen LogP contribution in [0, 0.1) is 0 Å². The van der Waals surface area contributed by atoms with Gasteiger partial charge in [0.1, 0.15) is 0 Å². The second kappa shape index (κ2) is 17.8. The molecular formula is C29H38N10O4S4. The predicted molar refractivity (Wildman–Crippen MR) is 187 cm³/mol. The minimum atomic E-state index is -0.941. The zero-order chi connectivity index (χ0) is 33.8. The molecular weight excluding hydrogens is 681 g/mol. The summed E-state index contributed by atoms with van der Waals surface area (Å²) in [4.78, 5) is 60.9. The smallest absolute Gasteiger partial charge is 0.345 e. The lowest BCUT2D eigenvalue weighted by molar-refractivity contribution is -0.115. The highest BCUT2D eigenvalue weighted by Gasteiger charge is 2.16. The number of aromatic nitrogens is 2. The van der Waals surface area contributed by atoms with E-state index in [1.165, 1.54) is 51.8 Å². The lowest BCUT2D eigenvalue weighted by Crippen LogP contribution is -2.60. The van der Waals surface area contributed by atoms with Crippen LogP contribution in [0.5, 0.6) is 0 Å². The largest absolute Gasteiger partial charge is 0.349 e. The number of primary amides is 1. The number of carbonyl (C=O) groups excluding carboxylic acids is 4. The number of hydrazine groups is 3. The van der Waals surface area contributed by atoms with Crippen LogP contribution in [0.1, 0.15) is 51.9 Å². The maximum absolute atomic E-state index is 13.0. The van der Waals surface area contributed by atoms with Gasteiger partial charge in [-0.2, -0.15) is 5.12 Å². The molecule has 0 aliphatic rings. The average Bonchev–Trinajstić information content (AvgIpc) is 3.83. The lowest BCUT2D eigenvalue weighted by atomic mass is 10.1. The second-order valence-corrected chi connectivity index (χ2v) is 14.5. The number of nitrogens with two attached hydrogens (primary N) is 2. The first kappa shape index (κ1) is 35.9. The van der Waals surface area contributed by atoms with E-state index in [9.17, 15) is 19.2 Å². The third-order valence-corrected chi connectivity index (χ3v) is 10.5. The SMILES string of the molecule is CC(=O)Nc1nc(CCc2csc(CCCN(CCc3ccc(CCc4csc(NC(C)=O)n4)s3)C(=O)NNN(N)C(N)=O)c2)cs1. The molecule has 6 amide bonds. The monoisotopic (exact) mass is 718 g/mol. The van der Waals surface area contributed by atoms with Crippen LogP contribution in [0.15, 0.2) is 34.3 Å². The Morgan fingerprint density at radius 2 is 1.38 bits per heavy atom. The molecule has 0 radical (unpaired) electrons. The van der Waals surface area contributed by atoms with E-state index >= 15 is 0 Å². The van der Waals surface area contributed by atoms with Gasteiger partial charge in [-0.25, -0.2) is 25.4 Å². The number of urea groups is 2. The van der Waals surface area contributed by atoms with E-state index in [2.05, 4.69) is 55.1 Å². The van der Waals surface area contributed by atoms with Crippen LogP contribution in [0.25, 0.3) is 0 Å². The summed E-state index contributed by atoms with van der Waals surface area (Å²) in [6.07, 6.45) is 5.43. The maximum atomic E-state index is 13.0. The Hall–Kier alpha value is -3.94. The highest BCUT2D eigenvalue weighted by atomic mass is 32.1. The van der Waals surface area contributed by atoms with E-state index in [-0.39, 0.29) is 11.8 Å². The van der Waals surface area contributed by atoms with E-state index in [4.69, 9.17) is 11.6 Å². The van der Waals surface area contributed by atoms with Gasteiger partial charge in [0, 0.05) is 52.3 Å². The number of nitrogens with zero attached hydrogens (tertiary/aromatic N) is 4. The molecule has 8 N–H and O–H groups in total. The minimum absolute atomic E-state index is 0.132. The van der Waals surface area contributed by atoms with Crippen molar-refractivity contribution in [2.45, 2.75) is 58.8 Å². The fourth-order valence-corrected chi connectivity index (χ4v) is 7.97. The average molecular weight is 719 g/mol. The number of hydrogen-bond acceptors (Lipinski definition) is 12. The molecule has 0 spiro atoms. The lowest BCUT2D eigenvalue weighted by Gasteiger charge is -2.24. The zero-order valence-electron chi connectivity index (χ0n) is 26.0. The topological polar surface area (TPSA) is 201 Å². The molecule has 4 heterocycles. The molecule has 0 unspecified atom stereocenters. The molecule has 0 aliphatic carbocycles. The molecule has 252 valence electrons. The van der Waals surface area contributed by atoms with Crippen molar-refractivity contribution in [2.75, 3.05) is 23.7 Å². The van der Waals surface area contributed by atoms with Crippen molar-refractivity contribution in [3.05, 3.63) is 65.9 Å². The predicted octanol–water partition coefficient (Wildman–Crippen LogP) is 4.07. The Balaban J connectivity index is 1.26. The normalized spacial score (nSPS) is 10.9. The van der Waals surface area contributed by atoms with Gasteiger partial charge in [0.05, 0.1) is 11.4 Å². The van der Waals surface area contributed by atoms with Crippen LogP contribution in [0.2, 0.25) is 0 Å². The van der Waals surface area contributed by atoms with Gasteiger partial charge in [0.2, 0.25) is 11.8 Å². The Bertz CT molecular complexity index is 1650. The first-order valence-corrected chi connectivity index (χ1v) is 18.2. The van der Waals surface area contributed by atoms with Crippen LogP contribution >= 0.6 is 45.3 Å². The molecule has 0 fully saturated rings. The summed E-state index contributed by atoms with van der Waals surface area (Å²) in [6, 6.07) is 4.99. The Morgan fingerprint density at radius 3 is 2.00 bits per heavy atom. The third-order valence-electron chi connectivity index (χ3n) is 6.68. The van der Waals surface area contributed by atoms with E-state index in [1.54, 1.807) is 27.6 Å². The van der Waals surface area contributed by atoms with Crippen molar-refractivity contribution >= 4 is 79.5 Å². The van der Waals surface area contributed by atoms with Crippen LogP contribution in [-0.2, 0) is 48.1 Å². The van der Waals surface area contributed by atoms with E-state index in [0.717, 1.165) is 54.8 Å². The van der Waals surface area contributed by atoms with Crippen LogP contribution in [0.4, 0.5) is 19.9 Å². The minimum Gasteiger partial charge on any atom is -0.349 e. The molecule has 0 saturated heterocycles. The number of carbonyl (C=O) groups is 4. The Labute approximate surface area is 288 Å². The van der Waals surface area contributed by atoms with Gasteiger partial charge >= 0.3 is 12.1 Å². The van der Waals surface area contributed by atoms with Crippen molar-refractivity contribution in [3.63, 3.8) is 0 Å². The van der Waals surface area contributed by atoms with Crippen LogP contribution < -0.4 is 33.2 Å². The number of aryl methyl sites for hydroxylation is 5. The summed E-state index contributed by atoms with van der Waals surface area (Å²) in [5.41, 5.74) is 13.0. The summed E-state index contributed by atoms with van der Waals surface area (Å²) in [7, 11) is 0. The van der Waals surface area contributed by atoms with Gasteiger partial charge in [-0.1, -0.05) is 0 Å². The molecule has 4 rings (SSSR count). The van der Waals surface area contributed by atoms with Gasteiger partial charge < -0.3 is 21.3 Å². The highest BCUT2D eigenvalue weighted by molar-refractivity contribution is 7.14. The first-order chi connectivity index (χ1) is 22.5. The number of rotatable bonds is 17. The summed E-state index contributed by atoms with van der Waals surface area (Å²) in [5, 5.41) is 13.2. The fourth-order valence-electron chi connectivity index (χ4n) is 4.41. The zero-order valence-corrected chi connectivity index (χ0v) is 29.3. The highest BCUT2D eigenvalue weighted by Crippen LogP contribution is 2.23. The van der Waals surface area contributed by atoms with E-state index in [0.29, 0.717) is 34.9 Å². The fraction of sp³-hybridized carbons (Fsp3) is 0.379. The van der Waals surface area contributed by atoms with E-state index in [1.807, 2.05) is 10.8 Å². The second-order valence-electron chi connectivity index (χ2n) is 10.5. The standard InChI is InChI=1S/C29H38N10O4S4/c1-18(40)32-27-34-21(16-45-27)6-5-20-14-25(44-15-20)4-3-12-38(29(43)36-37-39(31)26(30)42)13-11-24-10-9-23(47-24)8-7-22-17-46-28(35-22)33-19(2)41/h9-10,14-17,37H,3-8,11-13,31H2,1-2H3,(H2,30,42)(H,36,43)(H,32,34,40)(H,33,35,41). The van der Waals surface area contributed by atoms with Crippen molar-refractivity contribution in [3.8, 4) is 0 Å². The number of thiophene rings is 2. The third kappa shape index (κ3) is 12.3. The molecule has 0 aliphatic heterocycles. The molecule has 14 nitrogen and oxygen atoms in total. The first-order valence-electron chi connectivity index (χ1n) is 14.8. The van der Waals surface area contributed by atoms with Crippen LogP contribution in [0.3, 0.4) is 0 Å². The molecule has 0 saturated carbocycles. The van der Waals surface area contributed by atoms with Gasteiger partial charge in [-0.05, 0) is 74.1 Å². The molecule has 47 heavy (non-hydrogen) atoms. The van der Waals surface area contributed by atoms with Crippen molar-refractivity contribution in [1.82, 2.24) is 30.9 Å². The number of nitrogens with one attached hydrogen (secondary N) is 4.